The number of nitrogens with zero attached hydrogens (tertiary/aromatic N) is 1. The molecule has 0 spiro atoms. The molecule has 2 heterocycles. The molecule has 7 heteroatoms. The zero-order valence-corrected chi connectivity index (χ0v) is 16.1. The van der Waals surface area contributed by atoms with E-state index in [1.807, 2.05) is 36.5 Å². The van der Waals surface area contributed by atoms with Gasteiger partial charge in [0.2, 0.25) is 5.91 Å². The molecule has 1 aliphatic heterocycles. The number of nitrogens with one attached hydrogen (secondary N) is 1. The molecule has 26 heavy (non-hydrogen) atoms. The van der Waals surface area contributed by atoms with Gasteiger partial charge in [-0.2, -0.15) is 0 Å². The third kappa shape index (κ3) is 5.22. The van der Waals surface area contributed by atoms with E-state index in [1.165, 1.54) is 5.56 Å². The van der Waals surface area contributed by atoms with Gasteiger partial charge in [-0.25, -0.2) is 0 Å². The number of hydrogen-bond acceptors (Lipinski definition) is 5. The number of benzene rings is 1. The first-order valence-corrected chi connectivity index (χ1v) is 9.19. The number of ether oxygens (including phenoxy) is 1. The summed E-state index contributed by atoms with van der Waals surface area (Å²) in [6.07, 6.45) is 4.08. The Hall–Kier alpha value is -2.05. The topological polar surface area (TPSA) is 68.3 Å². The summed E-state index contributed by atoms with van der Waals surface area (Å²) in [6, 6.07) is 11.7. The highest BCUT2D eigenvalue weighted by atomic mass is 35.5. The fourth-order valence-corrected chi connectivity index (χ4v) is 3.61. The average molecular weight is 393 g/mol. The van der Waals surface area contributed by atoms with E-state index < -0.39 is 0 Å². The molecule has 0 unspecified atom stereocenters. The van der Waals surface area contributed by atoms with Gasteiger partial charge in [-0.15, -0.1) is 12.4 Å². The van der Waals surface area contributed by atoms with Crippen molar-refractivity contribution in [3.63, 3.8) is 0 Å². The third-order valence-electron chi connectivity index (χ3n) is 4.08. The fraction of sp³-hybridized carbons (Fsp3) is 0.316. The predicted octanol–water partition coefficient (Wildman–Crippen LogP) is 3.58. The number of aromatic nitrogens is 1. The summed E-state index contributed by atoms with van der Waals surface area (Å²) in [5, 5.41) is 1.70. The molecule has 1 atom stereocenters. The van der Waals surface area contributed by atoms with Crippen molar-refractivity contribution in [3.8, 4) is 5.75 Å². The van der Waals surface area contributed by atoms with Gasteiger partial charge >= 0.3 is 0 Å². The van der Waals surface area contributed by atoms with Crippen molar-refractivity contribution >= 4 is 35.3 Å². The molecule has 0 aliphatic carbocycles. The van der Waals surface area contributed by atoms with Crippen molar-refractivity contribution in [1.29, 1.82) is 0 Å². The quantitative estimate of drug-likeness (QED) is 0.779. The molecule has 0 radical (unpaired) electrons. The monoisotopic (exact) mass is 392 g/mol. The Labute approximate surface area is 163 Å². The van der Waals surface area contributed by atoms with Gasteiger partial charge in [0.25, 0.3) is 5.24 Å². The maximum Gasteiger partial charge on any atom is 0.286 e. The number of pyridine rings is 1. The van der Waals surface area contributed by atoms with Gasteiger partial charge in [0.15, 0.2) is 0 Å². The van der Waals surface area contributed by atoms with Crippen molar-refractivity contribution in [3.05, 3.63) is 59.4 Å². The molecule has 138 valence electrons. The van der Waals surface area contributed by atoms with Gasteiger partial charge in [0.05, 0.1) is 11.9 Å². The molecule has 1 fully saturated rings. The second-order valence-corrected chi connectivity index (χ2v) is 6.97. The lowest BCUT2D eigenvalue weighted by atomic mass is 10.1. The molecule has 0 saturated carbocycles. The SMILES string of the molecule is CCc1cccnc1CCOc1ccc(C[C@H]2SC(=O)NC2=O)cc1.Cl. The standard InChI is InChI=1S/C19H20N2O3S.ClH/c1-2-14-4-3-10-20-16(14)9-11-24-15-7-5-13(6-8-15)12-17-18(22)21-19(23)25-17;/h3-8,10,17H,2,9,11-12H2,1H3,(H,21,22,23);1H/t17-;/m1./s1. The van der Waals surface area contributed by atoms with Gasteiger partial charge in [-0.1, -0.05) is 36.9 Å². The molecule has 3 rings (SSSR count). The van der Waals surface area contributed by atoms with Crippen LogP contribution < -0.4 is 10.1 Å². The van der Waals surface area contributed by atoms with E-state index >= 15 is 0 Å². The van der Waals surface area contributed by atoms with Crippen LogP contribution in [0.2, 0.25) is 0 Å². The lowest BCUT2D eigenvalue weighted by Gasteiger charge is -2.10. The minimum Gasteiger partial charge on any atom is -0.493 e. The van der Waals surface area contributed by atoms with Crippen LogP contribution in [0.1, 0.15) is 23.7 Å². The number of carbonyl (C=O) groups excluding carboxylic acids is 2. The molecule has 1 saturated heterocycles. The van der Waals surface area contributed by atoms with Crippen LogP contribution in [0, 0.1) is 0 Å². The van der Waals surface area contributed by atoms with Crippen LogP contribution in [0.5, 0.6) is 5.75 Å². The maximum absolute atomic E-state index is 11.6. The number of carbonyl (C=O) groups is 2. The van der Waals surface area contributed by atoms with Crippen LogP contribution in [0.3, 0.4) is 0 Å². The molecular weight excluding hydrogens is 372 g/mol. The first-order valence-electron chi connectivity index (χ1n) is 8.31. The number of aryl methyl sites for hydroxylation is 1. The molecule has 0 bridgehead atoms. The van der Waals surface area contributed by atoms with Crippen LogP contribution in [-0.4, -0.2) is 28.0 Å². The second-order valence-electron chi connectivity index (χ2n) is 5.79. The lowest BCUT2D eigenvalue weighted by molar-refractivity contribution is -0.118. The predicted molar refractivity (Wildman–Crippen MR) is 105 cm³/mol. The summed E-state index contributed by atoms with van der Waals surface area (Å²) in [4.78, 5) is 27.2. The molecule has 1 aromatic heterocycles. The Balaban J connectivity index is 0.00000243. The number of halogens is 1. The van der Waals surface area contributed by atoms with Crippen LogP contribution >= 0.6 is 24.2 Å². The minimum absolute atomic E-state index is 0. The third-order valence-corrected chi connectivity index (χ3v) is 5.07. The largest absolute Gasteiger partial charge is 0.493 e. The Morgan fingerprint density at radius 1 is 1.19 bits per heavy atom. The number of imide groups is 1. The Morgan fingerprint density at radius 3 is 2.62 bits per heavy atom. The Bertz CT molecular complexity index is 768. The van der Waals surface area contributed by atoms with Crippen LogP contribution in [0.15, 0.2) is 42.6 Å². The minimum atomic E-state index is -0.337. The first-order chi connectivity index (χ1) is 12.2. The molecular formula is C19H21ClN2O3S. The first kappa shape index (κ1) is 20.3. The summed E-state index contributed by atoms with van der Waals surface area (Å²) in [7, 11) is 0. The van der Waals surface area contributed by atoms with Gasteiger partial charge < -0.3 is 4.74 Å². The van der Waals surface area contributed by atoms with Crippen LogP contribution in [0.25, 0.3) is 0 Å². The van der Waals surface area contributed by atoms with E-state index in [0.717, 1.165) is 41.6 Å². The van der Waals surface area contributed by atoms with E-state index in [9.17, 15) is 9.59 Å². The van der Waals surface area contributed by atoms with E-state index in [0.29, 0.717) is 13.0 Å². The van der Waals surface area contributed by atoms with Crippen molar-refractivity contribution in [2.75, 3.05) is 6.61 Å². The summed E-state index contributed by atoms with van der Waals surface area (Å²) in [5.41, 5.74) is 3.34. The zero-order chi connectivity index (χ0) is 17.6. The Kier molecular flexibility index (Phi) is 7.48. The van der Waals surface area contributed by atoms with E-state index in [4.69, 9.17) is 4.74 Å². The summed E-state index contributed by atoms with van der Waals surface area (Å²) < 4.78 is 5.79. The number of rotatable bonds is 7. The summed E-state index contributed by atoms with van der Waals surface area (Å²) >= 11 is 1.05. The number of hydrogen-bond donors (Lipinski definition) is 1. The lowest BCUT2D eigenvalue weighted by Crippen LogP contribution is -2.25. The van der Waals surface area contributed by atoms with Gasteiger partial charge in [0, 0.05) is 18.3 Å². The maximum atomic E-state index is 11.6. The van der Waals surface area contributed by atoms with Gasteiger partial charge in [-0.3, -0.25) is 19.9 Å². The van der Waals surface area contributed by atoms with Gasteiger partial charge in [0.1, 0.15) is 5.75 Å². The molecule has 2 aromatic rings. The van der Waals surface area contributed by atoms with Crippen molar-refractivity contribution in [1.82, 2.24) is 10.3 Å². The summed E-state index contributed by atoms with van der Waals surface area (Å²) in [6.45, 7) is 2.69. The average Bonchev–Trinajstić information content (AvgIpc) is 2.94. The van der Waals surface area contributed by atoms with E-state index in [1.54, 1.807) is 0 Å². The molecule has 1 aliphatic rings. The smallest absolute Gasteiger partial charge is 0.286 e. The van der Waals surface area contributed by atoms with Crippen molar-refractivity contribution < 1.29 is 14.3 Å². The zero-order valence-electron chi connectivity index (χ0n) is 14.4. The van der Waals surface area contributed by atoms with E-state index in [-0.39, 0.29) is 28.8 Å². The molecule has 5 nitrogen and oxygen atoms in total. The highest BCUT2D eigenvalue weighted by Crippen LogP contribution is 2.24. The van der Waals surface area contributed by atoms with Crippen LogP contribution in [-0.2, 0) is 24.1 Å². The number of thioether (sulfide) groups is 1. The highest BCUT2D eigenvalue weighted by Gasteiger charge is 2.31. The van der Waals surface area contributed by atoms with Crippen molar-refractivity contribution in [2.45, 2.75) is 31.4 Å². The van der Waals surface area contributed by atoms with Crippen LogP contribution in [0.4, 0.5) is 4.79 Å². The molecule has 2 amide bonds. The van der Waals surface area contributed by atoms with Crippen molar-refractivity contribution in [2.24, 2.45) is 0 Å². The Morgan fingerprint density at radius 2 is 1.96 bits per heavy atom. The molecule has 1 N–H and O–H groups in total. The fourth-order valence-electron chi connectivity index (χ4n) is 2.75. The molecule has 1 aromatic carbocycles. The second kappa shape index (κ2) is 9.59. The summed E-state index contributed by atoms with van der Waals surface area (Å²) in [5.74, 6) is 0.578. The normalized spacial score (nSPS) is 16.1. The van der Waals surface area contributed by atoms with E-state index in [2.05, 4.69) is 23.3 Å². The number of amides is 2. The highest BCUT2D eigenvalue weighted by molar-refractivity contribution is 8.15. The van der Waals surface area contributed by atoms with Gasteiger partial charge in [-0.05, 0) is 42.2 Å².